The second-order valence-electron chi connectivity index (χ2n) is 5.01. The lowest BCUT2D eigenvalue weighted by molar-refractivity contribution is -0.137. The Hall–Kier alpha value is -0.320. The van der Waals surface area contributed by atoms with Gasteiger partial charge in [-0.05, 0) is 12.3 Å². The van der Waals surface area contributed by atoms with Crippen LogP contribution in [0.1, 0.15) is 44.9 Å². The molecule has 0 heterocycles. The Labute approximate surface area is 107 Å². The Morgan fingerprint density at radius 3 is 2.47 bits per heavy atom. The summed E-state index contributed by atoms with van der Waals surface area (Å²) in [5.41, 5.74) is 5.89. The number of hydrogen-bond donors (Lipinski definition) is 3. The van der Waals surface area contributed by atoms with Gasteiger partial charge < -0.3 is 15.9 Å². The number of carbonyl (C=O) groups is 1. The van der Waals surface area contributed by atoms with Crippen molar-refractivity contribution in [3.8, 4) is 0 Å². The molecule has 0 aromatic heterocycles. The third-order valence-electron chi connectivity index (χ3n) is 3.54. The molecule has 5 heteroatoms. The van der Waals surface area contributed by atoms with Crippen LogP contribution in [0.5, 0.6) is 0 Å². The smallest absolute Gasteiger partial charge is 0.321 e. The highest BCUT2D eigenvalue weighted by Gasteiger charge is 2.25. The first kappa shape index (κ1) is 14.7. The van der Waals surface area contributed by atoms with Gasteiger partial charge in [-0.1, -0.05) is 32.1 Å². The number of hydrogen-bond acceptors (Lipinski definition) is 3. The second-order valence-corrected chi connectivity index (χ2v) is 5.54. The number of rotatable bonds is 6. The van der Waals surface area contributed by atoms with Crippen LogP contribution in [0.15, 0.2) is 0 Å². The van der Waals surface area contributed by atoms with E-state index in [1.54, 1.807) is 0 Å². The largest absolute Gasteiger partial charge is 0.480 e. The average Bonchev–Trinajstić information content (AvgIpc) is 2.29. The van der Waals surface area contributed by atoms with Gasteiger partial charge in [-0.25, -0.2) is 0 Å². The molecule has 0 aromatic rings. The third-order valence-corrected chi connectivity index (χ3v) is 3.91. The summed E-state index contributed by atoms with van der Waals surface area (Å²) < 4.78 is 0. The number of carboxylic acids is 1. The highest BCUT2D eigenvalue weighted by atomic mass is 35.5. The van der Waals surface area contributed by atoms with Gasteiger partial charge in [0.2, 0.25) is 0 Å². The maximum absolute atomic E-state index is 10.6. The minimum atomic E-state index is -1.10. The van der Waals surface area contributed by atoms with E-state index in [1.807, 2.05) is 0 Å². The Morgan fingerprint density at radius 1 is 1.35 bits per heavy atom. The van der Waals surface area contributed by atoms with Crippen molar-refractivity contribution in [2.24, 2.45) is 11.7 Å². The summed E-state index contributed by atoms with van der Waals surface area (Å²) in [5.74, 6) is -0.525. The van der Waals surface area contributed by atoms with Gasteiger partial charge in [0.25, 0.3) is 0 Å². The monoisotopic (exact) mass is 263 g/mol. The van der Waals surface area contributed by atoms with Crippen molar-refractivity contribution >= 4 is 17.6 Å². The highest BCUT2D eigenvalue weighted by Crippen LogP contribution is 2.28. The summed E-state index contributed by atoms with van der Waals surface area (Å²) in [7, 11) is 0. The summed E-state index contributed by atoms with van der Waals surface area (Å²) >= 11 is 5.58. The zero-order chi connectivity index (χ0) is 12.8. The standard InChI is InChI=1S/C12H22ClNO3/c13-9(12(16)17)7-11(15)10(14)6-8-4-2-1-3-5-8/h8-11,15H,1-7,14H2,(H,16,17)/t9-,10+,11+/m1/s1. The fourth-order valence-electron chi connectivity index (χ4n) is 2.45. The number of carboxylic acid groups (broad SMARTS) is 1. The van der Waals surface area contributed by atoms with E-state index in [4.69, 9.17) is 22.4 Å². The van der Waals surface area contributed by atoms with Crippen LogP contribution >= 0.6 is 11.6 Å². The molecule has 0 bridgehead atoms. The van der Waals surface area contributed by atoms with Crippen molar-refractivity contribution in [3.63, 3.8) is 0 Å². The van der Waals surface area contributed by atoms with Gasteiger partial charge in [0.05, 0.1) is 6.10 Å². The van der Waals surface area contributed by atoms with Crippen molar-refractivity contribution in [1.82, 2.24) is 0 Å². The number of aliphatic hydroxyl groups excluding tert-OH is 1. The molecular formula is C12H22ClNO3. The fourth-order valence-corrected chi connectivity index (χ4v) is 2.64. The Morgan fingerprint density at radius 2 is 1.94 bits per heavy atom. The lowest BCUT2D eigenvalue weighted by atomic mass is 9.83. The number of aliphatic carboxylic acids is 1. The van der Waals surface area contributed by atoms with Gasteiger partial charge in [0.15, 0.2) is 0 Å². The summed E-state index contributed by atoms with van der Waals surface area (Å²) in [6.45, 7) is 0. The van der Waals surface area contributed by atoms with Crippen molar-refractivity contribution in [1.29, 1.82) is 0 Å². The number of aliphatic hydroxyl groups is 1. The minimum absolute atomic E-state index is 0.0186. The van der Waals surface area contributed by atoms with Crippen LogP contribution in [0, 0.1) is 5.92 Å². The Kier molecular flexibility index (Phi) is 6.23. The summed E-state index contributed by atoms with van der Waals surface area (Å²) in [6, 6.07) is -0.362. The predicted molar refractivity (Wildman–Crippen MR) is 67.1 cm³/mol. The first-order valence-corrected chi connectivity index (χ1v) is 6.75. The molecule has 4 nitrogen and oxygen atoms in total. The molecule has 1 aliphatic rings. The van der Waals surface area contributed by atoms with E-state index in [0.717, 1.165) is 6.42 Å². The topological polar surface area (TPSA) is 83.5 Å². The molecule has 0 amide bonds. The van der Waals surface area contributed by atoms with Crippen molar-refractivity contribution in [2.75, 3.05) is 0 Å². The van der Waals surface area contributed by atoms with E-state index in [1.165, 1.54) is 32.1 Å². The van der Waals surface area contributed by atoms with Crippen molar-refractivity contribution < 1.29 is 15.0 Å². The normalized spacial score (nSPS) is 23.0. The van der Waals surface area contributed by atoms with Crippen LogP contribution in [0.25, 0.3) is 0 Å². The van der Waals surface area contributed by atoms with E-state index in [-0.39, 0.29) is 12.5 Å². The maximum atomic E-state index is 10.6. The Balaban J connectivity index is 2.30. The van der Waals surface area contributed by atoms with Crippen LogP contribution < -0.4 is 5.73 Å². The molecule has 17 heavy (non-hydrogen) atoms. The van der Waals surface area contributed by atoms with Gasteiger partial charge in [0.1, 0.15) is 5.38 Å². The molecule has 0 aliphatic heterocycles. The van der Waals surface area contributed by atoms with Gasteiger partial charge >= 0.3 is 5.97 Å². The molecule has 0 unspecified atom stereocenters. The molecule has 1 rings (SSSR count). The maximum Gasteiger partial charge on any atom is 0.321 e. The van der Waals surface area contributed by atoms with Crippen LogP contribution in [-0.2, 0) is 4.79 Å². The van der Waals surface area contributed by atoms with E-state index in [9.17, 15) is 9.90 Å². The molecule has 1 fully saturated rings. The first-order chi connectivity index (χ1) is 8.00. The van der Waals surface area contributed by atoms with E-state index < -0.39 is 17.5 Å². The van der Waals surface area contributed by atoms with Crippen molar-refractivity contribution in [2.45, 2.75) is 62.5 Å². The summed E-state index contributed by atoms with van der Waals surface area (Å²) in [6.07, 6.45) is 6.07. The molecule has 0 aromatic carbocycles. The molecular weight excluding hydrogens is 242 g/mol. The average molecular weight is 264 g/mol. The lowest BCUT2D eigenvalue weighted by Gasteiger charge is -2.27. The molecule has 0 saturated heterocycles. The fraction of sp³-hybridized carbons (Fsp3) is 0.917. The van der Waals surface area contributed by atoms with Gasteiger partial charge in [0, 0.05) is 12.5 Å². The van der Waals surface area contributed by atoms with Gasteiger partial charge in [-0.2, -0.15) is 0 Å². The molecule has 1 aliphatic carbocycles. The zero-order valence-electron chi connectivity index (χ0n) is 10.0. The van der Waals surface area contributed by atoms with Crippen LogP contribution in [-0.4, -0.2) is 33.7 Å². The molecule has 0 radical (unpaired) electrons. The zero-order valence-corrected chi connectivity index (χ0v) is 10.8. The van der Waals surface area contributed by atoms with Crippen LogP contribution in [0.2, 0.25) is 0 Å². The number of halogens is 1. The molecule has 4 N–H and O–H groups in total. The third kappa shape index (κ3) is 5.23. The molecule has 1 saturated carbocycles. The minimum Gasteiger partial charge on any atom is -0.480 e. The number of alkyl halides is 1. The van der Waals surface area contributed by atoms with E-state index >= 15 is 0 Å². The van der Waals surface area contributed by atoms with Gasteiger partial charge in [-0.15, -0.1) is 11.6 Å². The SMILES string of the molecule is N[C@@H](CC1CCCCC1)[C@@H](O)C[C@@H](Cl)C(=O)O. The summed E-state index contributed by atoms with van der Waals surface area (Å²) in [4.78, 5) is 10.6. The molecule has 3 atom stereocenters. The van der Waals surface area contributed by atoms with E-state index in [2.05, 4.69) is 0 Å². The highest BCUT2D eigenvalue weighted by molar-refractivity contribution is 6.29. The molecule has 100 valence electrons. The second kappa shape index (κ2) is 7.19. The lowest BCUT2D eigenvalue weighted by Crippen LogP contribution is -2.39. The summed E-state index contributed by atoms with van der Waals surface area (Å²) in [5, 5.41) is 17.4. The predicted octanol–water partition coefficient (Wildman–Crippen LogP) is 1.73. The number of nitrogens with two attached hydrogens (primary N) is 1. The van der Waals surface area contributed by atoms with Gasteiger partial charge in [-0.3, -0.25) is 4.79 Å². The molecule has 0 spiro atoms. The van der Waals surface area contributed by atoms with Crippen LogP contribution in [0.3, 0.4) is 0 Å². The Bertz CT molecular complexity index is 244. The van der Waals surface area contributed by atoms with Crippen LogP contribution in [0.4, 0.5) is 0 Å². The quantitative estimate of drug-likeness (QED) is 0.637. The first-order valence-electron chi connectivity index (χ1n) is 6.31. The van der Waals surface area contributed by atoms with E-state index in [0.29, 0.717) is 5.92 Å². The van der Waals surface area contributed by atoms with Crippen molar-refractivity contribution in [3.05, 3.63) is 0 Å².